The van der Waals surface area contributed by atoms with Crippen LogP contribution >= 0.6 is 11.6 Å². The Balaban J connectivity index is 2.11. The molecule has 1 aliphatic rings. The van der Waals surface area contributed by atoms with Crippen LogP contribution in [0.3, 0.4) is 0 Å². The van der Waals surface area contributed by atoms with Gasteiger partial charge >= 0.3 is 0 Å². The number of alkyl halides is 3. The van der Waals surface area contributed by atoms with Gasteiger partial charge < -0.3 is 4.57 Å². The van der Waals surface area contributed by atoms with Gasteiger partial charge in [0.05, 0.1) is 5.88 Å². The van der Waals surface area contributed by atoms with Crippen LogP contribution in [-0.2, 0) is 12.9 Å². The zero-order valence-electron chi connectivity index (χ0n) is 9.09. The molecule has 1 saturated carbocycles. The third-order valence-corrected chi connectivity index (χ3v) is 3.44. The fraction of sp³-hybridized carbons (Fsp3) is 0.800. The van der Waals surface area contributed by atoms with Crippen molar-refractivity contribution in [2.24, 2.45) is 7.05 Å². The Labute approximate surface area is 97.8 Å². The Morgan fingerprint density at radius 3 is 2.50 bits per heavy atom. The van der Waals surface area contributed by atoms with Gasteiger partial charge in [-0.2, -0.15) is 0 Å². The summed E-state index contributed by atoms with van der Waals surface area (Å²) in [6.45, 7) is 0. The molecule has 0 atom stereocenters. The maximum absolute atomic E-state index is 13.0. The van der Waals surface area contributed by atoms with Crippen molar-refractivity contribution in [3.63, 3.8) is 0 Å². The molecule has 0 amide bonds. The second kappa shape index (κ2) is 4.28. The zero-order chi connectivity index (χ0) is 11.8. The summed E-state index contributed by atoms with van der Waals surface area (Å²) in [4.78, 5) is 0. The molecule has 6 heteroatoms. The maximum Gasteiger partial charge on any atom is 0.248 e. The fourth-order valence-corrected chi connectivity index (χ4v) is 2.38. The lowest BCUT2D eigenvalue weighted by atomic mass is 9.86. The van der Waals surface area contributed by atoms with E-state index in [1.54, 1.807) is 0 Å². The first-order chi connectivity index (χ1) is 7.53. The average Bonchev–Trinajstić information content (AvgIpc) is 2.60. The van der Waals surface area contributed by atoms with Gasteiger partial charge in [-0.05, 0) is 12.8 Å². The van der Waals surface area contributed by atoms with Crippen LogP contribution in [0.5, 0.6) is 0 Å². The molecule has 3 nitrogen and oxygen atoms in total. The van der Waals surface area contributed by atoms with Crippen LogP contribution in [0.15, 0.2) is 0 Å². The lowest BCUT2D eigenvalue weighted by molar-refractivity contribution is -0.0389. The van der Waals surface area contributed by atoms with Gasteiger partial charge in [0.2, 0.25) is 5.92 Å². The zero-order valence-corrected chi connectivity index (χ0v) is 9.84. The fourth-order valence-electron chi connectivity index (χ4n) is 2.15. The number of rotatable bonds is 2. The minimum Gasteiger partial charge on any atom is -0.317 e. The van der Waals surface area contributed by atoms with E-state index in [9.17, 15) is 8.78 Å². The minimum absolute atomic E-state index is 0.0548. The lowest BCUT2D eigenvalue weighted by Crippen LogP contribution is -2.25. The predicted octanol–water partition coefficient (Wildman–Crippen LogP) is 2.85. The average molecular weight is 250 g/mol. The van der Waals surface area contributed by atoms with Crippen LogP contribution in [0.2, 0.25) is 0 Å². The summed E-state index contributed by atoms with van der Waals surface area (Å²) in [5.41, 5.74) is 0. The molecule has 0 aliphatic heterocycles. The molecule has 16 heavy (non-hydrogen) atoms. The summed E-state index contributed by atoms with van der Waals surface area (Å²) in [7, 11) is 1.83. The summed E-state index contributed by atoms with van der Waals surface area (Å²) in [5, 5.41) is 7.98. The molecule has 2 rings (SSSR count). The first-order valence-electron chi connectivity index (χ1n) is 5.35. The highest BCUT2D eigenvalue weighted by Gasteiger charge is 2.36. The van der Waals surface area contributed by atoms with Crippen LogP contribution in [-0.4, -0.2) is 20.7 Å². The van der Waals surface area contributed by atoms with Gasteiger partial charge in [-0.25, -0.2) is 8.78 Å². The Kier molecular flexibility index (Phi) is 3.15. The number of nitrogens with zero attached hydrogens (tertiary/aromatic N) is 3. The molecule has 0 unspecified atom stereocenters. The van der Waals surface area contributed by atoms with E-state index >= 15 is 0 Å². The Hall–Kier alpha value is -0.710. The van der Waals surface area contributed by atoms with E-state index in [1.807, 2.05) is 11.6 Å². The van der Waals surface area contributed by atoms with Crippen LogP contribution in [0.1, 0.15) is 43.3 Å². The first kappa shape index (κ1) is 11.8. The summed E-state index contributed by atoms with van der Waals surface area (Å²) in [6, 6.07) is 0. The topological polar surface area (TPSA) is 30.7 Å². The van der Waals surface area contributed by atoms with Gasteiger partial charge in [0, 0.05) is 25.8 Å². The minimum atomic E-state index is -2.50. The third-order valence-electron chi connectivity index (χ3n) is 3.20. The van der Waals surface area contributed by atoms with Gasteiger partial charge in [0.25, 0.3) is 0 Å². The van der Waals surface area contributed by atoms with Gasteiger partial charge in [-0.3, -0.25) is 0 Å². The molecule has 1 heterocycles. The van der Waals surface area contributed by atoms with Crippen LogP contribution in [0.4, 0.5) is 8.78 Å². The van der Waals surface area contributed by atoms with Crippen molar-refractivity contribution in [3.05, 3.63) is 11.6 Å². The summed E-state index contributed by atoms with van der Waals surface area (Å²) >= 11 is 5.69. The van der Waals surface area contributed by atoms with Gasteiger partial charge in [0.1, 0.15) is 11.6 Å². The number of halogens is 3. The molecular weight excluding hydrogens is 236 g/mol. The van der Waals surface area contributed by atoms with E-state index in [4.69, 9.17) is 11.6 Å². The summed E-state index contributed by atoms with van der Waals surface area (Å²) in [6.07, 6.45) is 0.837. The van der Waals surface area contributed by atoms with E-state index < -0.39 is 5.92 Å². The molecular formula is C10H14ClF2N3. The van der Waals surface area contributed by atoms with E-state index in [2.05, 4.69) is 10.2 Å². The van der Waals surface area contributed by atoms with Crippen LogP contribution in [0.25, 0.3) is 0 Å². The van der Waals surface area contributed by atoms with Crippen LogP contribution < -0.4 is 0 Å². The van der Waals surface area contributed by atoms with Gasteiger partial charge in [-0.1, -0.05) is 0 Å². The van der Waals surface area contributed by atoms with E-state index in [1.165, 1.54) is 0 Å². The highest BCUT2D eigenvalue weighted by atomic mass is 35.5. The summed E-state index contributed by atoms with van der Waals surface area (Å²) in [5.74, 6) is -0.634. The van der Waals surface area contributed by atoms with Gasteiger partial charge in [0.15, 0.2) is 0 Å². The van der Waals surface area contributed by atoms with Crippen molar-refractivity contribution in [2.45, 2.75) is 43.4 Å². The molecule has 1 fully saturated rings. The second-order valence-electron chi connectivity index (χ2n) is 4.30. The monoisotopic (exact) mass is 249 g/mol. The number of hydrogen-bond donors (Lipinski definition) is 0. The second-order valence-corrected chi connectivity index (χ2v) is 4.56. The maximum atomic E-state index is 13.0. The van der Waals surface area contributed by atoms with E-state index in [0.29, 0.717) is 24.5 Å². The third kappa shape index (κ3) is 2.19. The molecule has 90 valence electrons. The molecule has 0 bridgehead atoms. The Bertz CT molecular complexity index is 368. The normalized spacial score (nSPS) is 21.2. The van der Waals surface area contributed by atoms with Gasteiger partial charge in [-0.15, -0.1) is 21.8 Å². The van der Waals surface area contributed by atoms with Crippen molar-refractivity contribution in [2.75, 3.05) is 0 Å². The SMILES string of the molecule is Cn1c(CCl)nnc1C1CCC(F)(F)CC1. The standard InChI is InChI=1S/C10H14ClF2N3/c1-16-8(6-11)14-15-9(16)7-2-4-10(12,13)5-3-7/h7H,2-6H2,1H3. The molecule has 0 radical (unpaired) electrons. The van der Waals surface area contributed by atoms with Crippen LogP contribution in [0, 0.1) is 0 Å². The van der Waals surface area contributed by atoms with E-state index in [-0.39, 0.29) is 18.8 Å². The highest BCUT2D eigenvalue weighted by Crippen LogP contribution is 2.40. The molecule has 1 aromatic heterocycles. The molecule has 0 spiro atoms. The largest absolute Gasteiger partial charge is 0.317 e. The number of hydrogen-bond acceptors (Lipinski definition) is 2. The quantitative estimate of drug-likeness (QED) is 0.755. The molecule has 0 aromatic carbocycles. The first-order valence-corrected chi connectivity index (χ1v) is 5.89. The highest BCUT2D eigenvalue weighted by molar-refractivity contribution is 6.16. The molecule has 1 aromatic rings. The van der Waals surface area contributed by atoms with Crippen molar-refractivity contribution in [3.8, 4) is 0 Å². The smallest absolute Gasteiger partial charge is 0.248 e. The molecule has 0 saturated heterocycles. The van der Waals surface area contributed by atoms with Crippen molar-refractivity contribution >= 4 is 11.6 Å². The number of aromatic nitrogens is 3. The van der Waals surface area contributed by atoms with E-state index in [0.717, 1.165) is 5.82 Å². The van der Waals surface area contributed by atoms with Crippen molar-refractivity contribution in [1.82, 2.24) is 14.8 Å². The Morgan fingerprint density at radius 1 is 1.38 bits per heavy atom. The predicted molar refractivity (Wildman–Crippen MR) is 56.7 cm³/mol. The molecule has 0 N–H and O–H groups in total. The van der Waals surface area contributed by atoms with Crippen molar-refractivity contribution < 1.29 is 8.78 Å². The lowest BCUT2D eigenvalue weighted by Gasteiger charge is -2.27. The Morgan fingerprint density at radius 2 is 2.00 bits per heavy atom. The summed E-state index contributed by atoms with van der Waals surface area (Å²) < 4.78 is 27.8. The van der Waals surface area contributed by atoms with Crippen molar-refractivity contribution in [1.29, 1.82) is 0 Å². The molecule has 1 aliphatic carbocycles.